The van der Waals surface area contributed by atoms with Crippen LogP contribution in [0.5, 0.6) is 0 Å². The zero-order chi connectivity index (χ0) is 15.1. The minimum atomic E-state index is -0.663. The summed E-state index contributed by atoms with van der Waals surface area (Å²) in [5, 5.41) is 13.1. The average molecular weight is 329 g/mol. The molecular weight excluding hydrogens is 304 g/mol. The molecule has 1 aliphatic rings. The van der Waals surface area contributed by atoms with Crippen LogP contribution in [0.2, 0.25) is 0 Å². The fraction of sp³-hybridized carbons (Fsp3) is 0.562. The Morgan fingerprint density at radius 1 is 1.45 bits per heavy atom. The number of halogens is 1. The van der Waals surface area contributed by atoms with Gasteiger partial charge in [-0.05, 0) is 24.9 Å². The summed E-state index contributed by atoms with van der Waals surface area (Å²) in [5.74, 6) is 0.0506. The van der Waals surface area contributed by atoms with Crippen LogP contribution in [0.4, 0.5) is 0 Å². The van der Waals surface area contributed by atoms with Crippen molar-refractivity contribution in [3.63, 3.8) is 0 Å². The summed E-state index contributed by atoms with van der Waals surface area (Å²) < 4.78 is 5.48. The van der Waals surface area contributed by atoms with Gasteiger partial charge in [-0.3, -0.25) is 4.79 Å². The van der Waals surface area contributed by atoms with Crippen molar-refractivity contribution >= 4 is 18.3 Å². The van der Waals surface area contributed by atoms with Crippen molar-refractivity contribution in [3.8, 4) is 0 Å². The SMILES string of the molecule is CN(CC(O)COCc1ccccc1)C(=O)C1CCCN1.Cl. The molecule has 1 amide bonds. The van der Waals surface area contributed by atoms with Gasteiger partial charge in [0.15, 0.2) is 0 Å². The third-order valence-corrected chi connectivity index (χ3v) is 3.64. The van der Waals surface area contributed by atoms with Crippen molar-refractivity contribution in [2.24, 2.45) is 0 Å². The van der Waals surface area contributed by atoms with E-state index in [1.165, 1.54) is 0 Å². The monoisotopic (exact) mass is 328 g/mol. The Kier molecular flexibility index (Phi) is 8.42. The second-order valence-electron chi connectivity index (χ2n) is 5.52. The number of carbonyl (C=O) groups excluding carboxylic acids is 1. The van der Waals surface area contributed by atoms with Gasteiger partial charge in [0.2, 0.25) is 5.91 Å². The van der Waals surface area contributed by atoms with Gasteiger partial charge < -0.3 is 20.1 Å². The van der Waals surface area contributed by atoms with Gasteiger partial charge in [0.1, 0.15) is 0 Å². The maximum absolute atomic E-state index is 12.1. The lowest BCUT2D eigenvalue weighted by atomic mass is 10.2. The number of likely N-dealkylation sites (N-methyl/N-ethyl adjacent to an activating group) is 1. The summed E-state index contributed by atoms with van der Waals surface area (Å²) >= 11 is 0. The molecule has 2 rings (SSSR count). The van der Waals surface area contributed by atoms with Crippen molar-refractivity contribution in [1.82, 2.24) is 10.2 Å². The lowest BCUT2D eigenvalue weighted by molar-refractivity contribution is -0.133. The first-order chi connectivity index (χ1) is 10.2. The van der Waals surface area contributed by atoms with Gasteiger partial charge >= 0.3 is 0 Å². The van der Waals surface area contributed by atoms with Crippen LogP contribution in [0.15, 0.2) is 30.3 Å². The molecule has 2 N–H and O–H groups in total. The third-order valence-electron chi connectivity index (χ3n) is 3.64. The van der Waals surface area contributed by atoms with Gasteiger partial charge in [-0.1, -0.05) is 30.3 Å². The van der Waals surface area contributed by atoms with Crippen LogP contribution in [0, 0.1) is 0 Å². The number of aliphatic hydroxyl groups is 1. The van der Waals surface area contributed by atoms with E-state index < -0.39 is 6.10 Å². The fourth-order valence-electron chi connectivity index (χ4n) is 2.51. The number of rotatable bonds is 7. The molecule has 5 nitrogen and oxygen atoms in total. The number of nitrogens with zero attached hydrogens (tertiary/aromatic N) is 1. The highest BCUT2D eigenvalue weighted by Crippen LogP contribution is 2.08. The van der Waals surface area contributed by atoms with Gasteiger partial charge in [0, 0.05) is 13.6 Å². The molecule has 0 aromatic heterocycles. The molecule has 0 spiro atoms. The normalized spacial score (nSPS) is 18.5. The van der Waals surface area contributed by atoms with E-state index in [9.17, 15) is 9.90 Å². The number of hydrogen-bond donors (Lipinski definition) is 2. The molecule has 0 bridgehead atoms. The Labute approximate surface area is 138 Å². The first-order valence-corrected chi connectivity index (χ1v) is 7.45. The molecule has 1 aromatic rings. The molecule has 1 aromatic carbocycles. The van der Waals surface area contributed by atoms with E-state index in [1.54, 1.807) is 11.9 Å². The topological polar surface area (TPSA) is 61.8 Å². The zero-order valence-electron chi connectivity index (χ0n) is 12.9. The molecule has 22 heavy (non-hydrogen) atoms. The molecule has 0 radical (unpaired) electrons. The number of nitrogens with one attached hydrogen (secondary N) is 1. The van der Waals surface area contributed by atoms with Crippen molar-refractivity contribution in [2.45, 2.75) is 31.6 Å². The maximum Gasteiger partial charge on any atom is 0.239 e. The van der Waals surface area contributed by atoms with Crippen molar-refractivity contribution in [2.75, 3.05) is 26.7 Å². The van der Waals surface area contributed by atoms with E-state index in [0.717, 1.165) is 24.9 Å². The minimum Gasteiger partial charge on any atom is -0.389 e. The van der Waals surface area contributed by atoms with Gasteiger partial charge in [-0.25, -0.2) is 0 Å². The fourth-order valence-corrected chi connectivity index (χ4v) is 2.51. The average Bonchev–Trinajstić information content (AvgIpc) is 3.01. The Morgan fingerprint density at radius 2 is 2.18 bits per heavy atom. The summed E-state index contributed by atoms with van der Waals surface area (Å²) in [7, 11) is 1.72. The van der Waals surface area contributed by atoms with Gasteiger partial charge in [-0.2, -0.15) is 0 Å². The molecule has 1 fully saturated rings. The number of carbonyl (C=O) groups is 1. The van der Waals surface area contributed by atoms with Crippen LogP contribution < -0.4 is 5.32 Å². The lowest BCUT2D eigenvalue weighted by Gasteiger charge is -2.23. The zero-order valence-corrected chi connectivity index (χ0v) is 13.7. The first-order valence-electron chi connectivity index (χ1n) is 7.45. The smallest absolute Gasteiger partial charge is 0.239 e. The summed E-state index contributed by atoms with van der Waals surface area (Å²) in [6, 6.07) is 9.73. The van der Waals surface area contributed by atoms with Crippen LogP contribution in [-0.4, -0.2) is 54.8 Å². The van der Waals surface area contributed by atoms with Crippen molar-refractivity contribution in [3.05, 3.63) is 35.9 Å². The van der Waals surface area contributed by atoms with E-state index >= 15 is 0 Å². The predicted molar refractivity (Wildman–Crippen MR) is 88.0 cm³/mol. The highest BCUT2D eigenvalue weighted by molar-refractivity contribution is 5.85. The lowest BCUT2D eigenvalue weighted by Crippen LogP contribution is -2.45. The molecule has 2 unspecified atom stereocenters. The maximum atomic E-state index is 12.1. The molecule has 1 heterocycles. The van der Waals surface area contributed by atoms with Gasteiger partial charge in [0.05, 0.1) is 25.4 Å². The molecule has 1 aliphatic heterocycles. The first kappa shape index (κ1) is 18.9. The number of benzene rings is 1. The summed E-state index contributed by atoms with van der Waals surface area (Å²) in [4.78, 5) is 13.7. The highest BCUT2D eigenvalue weighted by atomic mass is 35.5. The molecule has 2 atom stereocenters. The summed E-state index contributed by atoms with van der Waals surface area (Å²) in [6.45, 7) is 1.89. The van der Waals surface area contributed by atoms with E-state index in [1.807, 2.05) is 30.3 Å². The van der Waals surface area contributed by atoms with E-state index in [0.29, 0.717) is 13.2 Å². The van der Waals surface area contributed by atoms with Gasteiger partial charge in [0.25, 0.3) is 0 Å². The highest BCUT2D eigenvalue weighted by Gasteiger charge is 2.25. The molecule has 0 aliphatic carbocycles. The van der Waals surface area contributed by atoms with Crippen LogP contribution >= 0.6 is 12.4 Å². The van der Waals surface area contributed by atoms with E-state index in [-0.39, 0.29) is 31.0 Å². The van der Waals surface area contributed by atoms with Gasteiger partial charge in [-0.15, -0.1) is 12.4 Å². The summed E-state index contributed by atoms with van der Waals surface area (Å²) in [5.41, 5.74) is 1.07. The minimum absolute atomic E-state index is 0. The quantitative estimate of drug-likeness (QED) is 0.789. The summed E-state index contributed by atoms with van der Waals surface area (Å²) in [6.07, 6.45) is 1.25. The van der Waals surface area contributed by atoms with E-state index in [4.69, 9.17) is 4.74 Å². The Balaban J connectivity index is 0.00000242. The molecular formula is C16H25ClN2O3. The number of amides is 1. The van der Waals surface area contributed by atoms with E-state index in [2.05, 4.69) is 5.32 Å². The Bertz CT molecular complexity index is 438. The largest absolute Gasteiger partial charge is 0.389 e. The van der Waals surface area contributed by atoms with Crippen LogP contribution in [-0.2, 0) is 16.1 Å². The van der Waals surface area contributed by atoms with Crippen LogP contribution in [0.25, 0.3) is 0 Å². The molecule has 1 saturated heterocycles. The predicted octanol–water partition coefficient (Wildman–Crippen LogP) is 1.20. The number of hydrogen-bond acceptors (Lipinski definition) is 4. The van der Waals surface area contributed by atoms with Crippen molar-refractivity contribution < 1.29 is 14.6 Å². The Morgan fingerprint density at radius 3 is 2.82 bits per heavy atom. The third kappa shape index (κ3) is 5.93. The number of aliphatic hydroxyl groups excluding tert-OH is 1. The molecule has 0 saturated carbocycles. The second kappa shape index (κ2) is 9.79. The molecule has 6 heteroatoms. The molecule has 124 valence electrons. The second-order valence-corrected chi connectivity index (χ2v) is 5.52. The Hall–Kier alpha value is -1.14. The van der Waals surface area contributed by atoms with Crippen molar-refractivity contribution in [1.29, 1.82) is 0 Å². The number of ether oxygens (including phenoxy) is 1. The van der Waals surface area contributed by atoms with Crippen LogP contribution in [0.1, 0.15) is 18.4 Å². The standard InChI is InChI=1S/C16H24N2O3.ClH/c1-18(16(20)15-8-5-9-17-15)10-14(19)12-21-11-13-6-3-2-4-7-13;/h2-4,6-7,14-15,17,19H,5,8-12H2,1H3;1H. The van der Waals surface area contributed by atoms with Crippen LogP contribution in [0.3, 0.4) is 0 Å².